The second kappa shape index (κ2) is 12.4. The van der Waals surface area contributed by atoms with Gasteiger partial charge in [-0.3, -0.25) is 34.0 Å². The van der Waals surface area contributed by atoms with E-state index in [4.69, 9.17) is 0 Å². The first kappa shape index (κ1) is 28.1. The van der Waals surface area contributed by atoms with Crippen LogP contribution >= 0.6 is 15.9 Å². The Hall–Kier alpha value is -4.41. The highest BCUT2D eigenvalue weighted by Gasteiger charge is 2.36. The lowest BCUT2D eigenvalue weighted by Crippen LogP contribution is -2.53. The van der Waals surface area contributed by atoms with Crippen LogP contribution in [0.4, 0.5) is 5.69 Å². The van der Waals surface area contributed by atoms with Crippen molar-refractivity contribution in [2.45, 2.75) is 12.1 Å². The van der Waals surface area contributed by atoms with E-state index in [1.807, 2.05) is 36.4 Å². The van der Waals surface area contributed by atoms with Crippen LogP contribution in [0.2, 0.25) is 0 Å². The molecule has 5 rings (SSSR count). The van der Waals surface area contributed by atoms with Crippen LogP contribution in [-0.4, -0.2) is 57.2 Å². The molecule has 1 fully saturated rings. The molecule has 3 aromatic carbocycles. The first-order valence-corrected chi connectivity index (χ1v) is 13.9. The van der Waals surface area contributed by atoms with Crippen LogP contribution in [0.15, 0.2) is 113 Å². The molecule has 1 aliphatic rings. The summed E-state index contributed by atoms with van der Waals surface area (Å²) in [5.41, 5.74) is 1.71. The van der Waals surface area contributed by atoms with Crippen LogP contribution in [0.5, 0.6) is 0 Å². The molecule has 1 aliphatic heterocycles. The van der Waals surface area contributed by atoms with Gasteiger partial charge in [0.15, 0.2) is 11.8 Å². The van der Waals surface area contributed by atoms with Gasteiger partial charge in [0, 0.05) is 60.6 Å². The van der Waals surface area contributed by atoms with Crippen LogP contribution in [0.25, 0.3) is 0 Å². The van der Waals surface area contributed by atoms with E-state index in [0.717, 1.165) is 15.7 Å². The third-order valence-electron chi connectivity index (χ3n) is 7.25. The minimum absolute atomic E-state index is 0.000103. The second-order valence-electron chi connectivity index (χ2n) is 9.75. The Morgan fingerprint density at radius 1 is 0.780 bits per heavy atom. The van der Waals surface area contributed by atoms with Gasteiger partial charge < -0.3 is 4.90 Å². The third-order valence-corrected chi connectivity index (χ3v) is 7.72. The molecule has 2 heterocycles. The molecular formula is C31H27BrN4O5. The number of nitro groups is 1. The van der Waals surface area contributed by atoms with Crippen molar-refractivity contribution in [3.63, 3.8) is 0 Å². The fourth-order valence-electron chi connectivity index (χ4n) is 5.20. The van der Waals surface area contributed by atoms with Crippen molar-refractivity contribution in [1.29, 1.82) is 0 Å². The number of nitrogens with zero attached hydrogens (tertiary/aromatic N) is 4. The summed E-state index contributed by atoms with van der Waals surface area (Å²) in [5, 5.41) is 11.1. The van der Waals surface area contributed by atoms with Crippen LogP contribution < -0.4 is 5.56 Å². The number of rotatable bonds is 8. The van der Waals surface area contributed by atoms with Gasteiger partial charge in [0.2, 0.25) is 0 Å². The average Bonchev–Trinajstić information content (AvgIpc) is 3.00. The Labute approximate surface area is 244 Å². The van der Waals surface area contributed by atoms with Crippen molar-refractivity contribution in [3.05, 3.63) is 145 Å². The number of amides is 1. The number of Topliss-reactive ketones (excluding diaryl/α,β-unsaturated/α-hetero) is 1. The molecule has 1 amide bonds. The first-order chi connectivity index (χ1) is 19.8. The number of non-ortho nitro benzene ring substituents is 1. The predicted octanol–water partition coefficient (Wildman–Crippen LogP) is 4.88. The Bertz CT molecular complexity index is 1560. The number of aromatic nitrogens is 1. The fourth-order valence-corrected chi connectivity index (χ4v) is 5.55. The number of pyridine rings is 1. The highest BCUT2D eigenvalue weighted by molar-refractivity contribution is 9.10. The van der Waals surface area contributed by atoms with Crippen LogP contribution in [0, 0.1) is 10.1 Å². The van der Waals surface area contributed by atoms with E-state index in [0.29, 0.717) is 30.7 Å². The molecule has 1 aromatic heterocycles. The maximum atomic E-state index is 14.0. The summed E-state index contributed by atoms with van der Waals surface area (Å²) in [6.45, 7) is 1.85. The molecule has 0 saturated carbocycles. The van der Waals surface area contributed by atoms with E-state index in [9.17, 15) is 24.5 Å². The van der Waals surface area contributed by atoms with Gasteiger partial charge in [-0.1, -0.05) is 60.7 Å². The Morgan fingerprint density at radius 3 is 1.88 bits per heavy atom. The van der Waals surface area contributed by atoms with Crippen molar-refractivity contribution in [3.8, 4) is 0 Å². The van der Waals surface area contributed by atoms with E-state index in [-0.39, 0.29) is 17.3 Å². The number of hydrogen-bond acceptors (Lipinski definition) is 6. The van der Waals surface area contributed by atoms with Crippen LogP contribution in [-0.2, 0) is 4.79 Å². The Kier molecular flexibility index (Phi) is 8.51. The van der Waals surface area contributed by atoms with Gasteiger partial charge in [-0.25, -0.2) is 0 Å². The molecule has 0 N–H and O–H groups in total. The summed E-state index contributed by atoms with van der Waals surface area (Å²) in [5.74, 6) is -1.11. The quantitative estimate of drug-likeness (QED) is 0.121. The number of nitro benzene ring substituents is 1. The van der Waals surface area contributed by atoms with E-state index in [2.05, 4.69) is 45.1 Å². The molecule has 1 saturated heterocycles. The van der Waals surface area contributed by atoms with Gasteiger partial charge in [0.25, 0.3) is 17.2 Å². The van der Waals surface area contributed by atoms with Crippen molar-refractivity contribution < 1.29 is 14.5 Å². The zero-order chi connectivity index (χ0) is 28.9. The van der Waals surface area contributed by atoms with Gasteiger partial charge in [-0.15, -0.1) is 0 Å². The number of hydrogen-bond donors (Lipinski definition) is 0. The standard InChI is InChI=1S/C31H27BrN4O5/c32-25-13-16-27(37)35(21-25)29(30(38)24-11-14-26(15-12-24)36(40)41)31(39)34-19-17-33(18-20-34)28(22-7-3-1-4-8-22)23-9-5-2-6-10-23/h1-16,21,28-29H,17-20H2. The van der Waals surface area contributed by atoms with Gasteiger partial charge in [0.1, 0.15) is 0 Å². The highest BCUT2D eigenvalue weighted by atomic mass is 79.9. The van der Waals surface area contributed by atoms with E-state index < -0.39 is 28.2 Å². The first-order valence-electron chi connectivity index (χ1n) is 13.1. The second-order valence-corrected chi connectivity index (χ2v) is 10.7. The van der Waals surface area contributed by atoms with Gasteiger partial charge in [0.05, 0.1) is 11.0 Å². The topological polar surface area (TPSA) is 106 Å². The van der Waals surface area contributed by atoms with Crippen molar-refractivity contribution in [1.82, 2.24) is 14.4 Å². The number of benzene rings is 3. The molecule has 0 spiro atoms. The predicted molar refractivity (Wildman–Crippen MR) is 158 cm³/mol. The molecule has 4 aromatic rings. The third kappa shape index (κ3) is 6.18. The molecule has 41 heavy (non-hydrogen) atoms. The molecule has 0 bridgehead atoms. The average molecular weight is 615 g/mol. The lowest BCUT2D eigenvalue weighted by molar-refractivity contribution is -0.384. The Morgan fingerprint density at radius 2 is 1.34 bits per heavy atom. The van der Waals surface area contributed by atoms with Crippen molar-refractivity contribution in [2.24, 2.45) is 0 Å². The van der Waals surface area contributed by atoms with Crippen molar-refractivity contribution in [2.75, 3.05) is 26.2 Å². The summed E-state index contributed by atoms with van der Waals surface area (Å²) in [6.07, 6.45) is 1.42. The lowest BCUT2D eigenvalue weighted by atomic mass is 9.96. The highest BCUT2D eigenvalue weighted by Crippen LogP contribution is 2.30. The van der Waals surface area contributed by atoms with Crippen LogP contribution in [0.3, 0.4) is 0 Å². The zero-order valence-electron chi connectivity index (χ0n) is 22.0. The monoisotopic (exact) mass is 614 g/mol. The summed E-state index contributed by atoms with van der Waals surface area (Å²) in [6, 6.07) is 26.8. The van der Waals surface area contributed by atoms with Gasteiger partial charge in [-0.05, 0) is 45.3 Å². The van der Waals surface area contributed by atoms with E-state index in [1.165, 1.54) is 36.5 Å². The molecule has 208 valence electrons. The van der Waals surface area contributed by atoms with Crippen molar-refractivity contribution >= 4 is 33.3 Å². The van der Waals surface area contributed by atoms with Crippen LogP contribution in [0.1, 0.15) is 33.6 Å². The Balaban J connectivity index is 1.42. The summed E-state index contributed by atoms with van der Waals surface area (Å²) in [7, 11) is 0. The molecule has 9 nitrogen and oxygen atoms in total. The number of ketones is 1. The minimum Gasteiger partial charge on any atom is -0.338 e. The fraction of sp³-hybridized carbons (Fsp3) is 0.194. The molecule has 0 aliphatic carbocycles. The minimum atomic E-state index is -1.45. The maximum Gasteiger partial charge on any atom is 0.269 e. The number of carbonyl (C=O) groups excluding carboxylic acids is 2. The lowest BCUT2D eigenvalue weighted by Gasteiger charge is -2.40. The number of carbonyl (C=O) groups is 2. The van der Waals surface area contributed by atoms with E-state index >= 15 is 0 Å². The molecule has 1 unspecified atom stereocenters. The largest absolute Gasteiger partial charge is 0.338 e. The van der Waals surface area contributed by atoms with Gasteiger partial charge >= 0.3 is 0 Å². The smallest absolute Gasteiger partial charge is 0.269 e. The molecule has 1 atom stereocenters. The van der Waals surface area contributed by atoms with E-state index in [1.54, 1.807) is 11.0 Å². The summed E-state index contributed by atoms with van der Waals surface area (Å²) >= 11 is 3.33. The normalized spacial score (nSPS) is 14.5. The molecule has 10 heteroatoms. The summed E-state index contributed by atoms with van der Waals surface area (Å²) < 4.78 is 1.66. The molecule has 0 radical (unpaired) electrons. The summed E-state index contributed by atoms with van der Waals surface area (Å²) in [4.78, 5) is 55.0. The molecular weight excluding hydrogens is 588 g/mol. The number of halogens is 1. The zero-order valence-corrected chi connectivity index (χ0v) is 23.6. The van der Waals surface area contributed by atoms with Gasteiger partial charge in [-0.2, -0.15) is 0 Å². The number of piperazine rings is 1. The SMILES string of the molecule is O=C(c1ccc([N+](=O)[O-])cc1)C(C(=O)N1CCN(C(c2ccccc2)c2ccccc2)CC1)n1cc(Br)ccc1=O. The maximum absolute atomic E-state index is 14.0.